The van der Waals surface area contributed by atoms with Crippen LogP contribution in [-0.4, -0.2) is 42.6 Å². The molecule has 26 heavy (non-hydrogen) atoms. The molecule has 7 heteroatoms. The predicted molar refractivity (Wildman–Crippen MR) is 103 cm³/mol. The van der Waals surface area contributed by atoms with E-state index in [0.717, 1.165) is 38.3 Å². The second kappa shape index (κ2) is 7.29. The van der Waals surface area contributed by atoms with E-state index in [1.807, 2.05) is 12.1 Å². The fourth-order valence-corrected chi connectivity index (χ4v) is 3.49. The summed E-state index contributed by atoms with van der Waals surface area (Å²) >= 11 is 6.08. The van der Waals surface area contributed by atoms with Crippen molar-refractivity contribution in [2.75, 3.05) is 37.7 Å². The largest absolute Gasteiger partial charge is 0.486 e. The second-order valence-electron chi connectivity index (χ2n) is 7.08. The van der Waals surface area contributed by atoms with E-state index < -0.39 is 0 Å². The molecule has 2 heterocycles. The third-order valence-corrected chi connectivity index (χ3v) is 5.38. The summed E-state index contributed by atoms with van der Waals surface area (Å²) in [7, 11) is 0. The molecule has 4 rings (SSSR count). The van der Waals surface area contributed by atoms with Crippen LogP contribution >= 0.6 is 11.6 Å². The van der Waals surface area contributed by atoms with Crippen LogP contribution in [-0.2, 0) is 0 Å². The van der Waals surface area contributed by atoms with Crippen LogP contribution in [0, 0.1) is 11.8 Å². The minimum Gasteiger partial charge on any atom is -0.486 e. The standard InChI is InChI=1S/C19H23ClN4O2/c1-13-9-14(13)12-26-18-17(23-7-5-21-6-8-23)11-22-24(19(18)25)16-4-2-3-15(20)10-16/h2-4,10-11,13-14,21H,5-9,12H2,1H3. The van der Waals surface area contributed by atoms with E-state index >= 15 is 0 Å². The Bertz CT molecular complexity index is 848. The summed E-state index contributed by atoms with van der Waals surface area (Å²) in [4.78, 5) is 15.3. The Hall–Kier alpha value is -2.05. The zero-order chi connectivity index (χ0) is 18.1. The van der Waals surface area contributed by atoms with Crippen molar-refractivity contribution in [3.63, 3.8) is 0 Å². The van der Waals surface area contributed by atoms with E-state index in [2.05, 4.69) is 22.2 Å². The van der Waals surface area contributed by atoms with E-state index in [4.69, 9.17) is 16.3 Å². The van der Waals surface area contributed by atoms with Crippen molar-refractivity contribution in [3.05, 3.63) is 45.8 Å². The lowest BCUT2D eigenvalue weighted by Gasteiger charge is -2.30. The molecular formula is C19H23ClN4O2. The summed E-state index contributed by atoms with van der Waals surface area (Å²) in [5.41, 5.74) is 1.18. The highest BCUT2D eigenvalue weighted by Crippen LogP contribution is 2.38. The van der Waals surface area contributed by atoms with Gasteiger partial charge in [0.05, 0.1) is 18.5 Å². The van der Waals surface area contributed by atoms with Gasteiger partial charge in [0.1, 0.15) is 5.69 Å². The Morgan fingerprint density at radius 3 is 2.81 bits per heavy atom. The van der Waals surface area contributed by atoms with Gasteiger partial charge in [-0.15, -0.1) is 0 Å². The van der Waals surface area contributed by atoms with Crippen LogP contribution in [0.1, 0.15) is 13.3 Å². The number of benzene rings is 1. The minimum atomic E-state index is -0.239. The van der Waals surface area contributed by atoms with E-state index in [1.165, 1.54) is 4.68 Å². The van der Waals surface area contributed by atoms with E-state index in [9.17, 15) is 4.79 Å². The topological polar surface area (TPSA) is 59.4 Å². The van der Waals surface area contributed by atoms with Crippen molar-refractivity contribution < 1.29 is 4.74 Å². The molecule has 1 aromatic carbocycles. The molecule has 2 aliphatic rings. The van der Waals surface area contributed by atoms with Gasteiger partial charge < -0.3 is 15.0 Å². The molecule has 1 aromatic heterocycles. The van der Waals surface area contributed by atoms with Crippen molar-refractivity contribution in [3.8, 4) is 11.4 Å². The number of ether oxygens (including phenoxy) is 1. The highest BCUT2D eigenvalue weighted by Gasteiger charge is 2.34. The van der Waals surface area contributed by atoms with Crippen LogP contribution in [0.4, 0.5) is 5.69 Å². The van der Waals surface area contributed by atoms with E-state index in [1.54, 1.807) is 18.3 Å². The van der Waals surface area contributed by atoms with Gasteiger partial charge in [0.15, 0.2) is 0 Å². The molecule has 1 aliphatic carbocycles. The first kappa shape index (κ1) is 17.4. The van der Waals surface area contributed by atoms with Crippen LogP contribution in [0.3, 0.4) is 0 Å². The molecule has 1 saturated carbocycles. The summed E-state index contributed by atoms with van der Waals surface area (Å²) in [6.45, 7) is 6.22. The average molecular weight is 375 g/mol. The number of rotatable bonds is 5. The lowest BCUT2D eigenvalue weighted by atomic mass is 10.3. The monoisotopic (exact) mass is 374 g/mol. The Morgan fingerprint density at radius 1 is 1.35 bits per heavy atom. The Balaban J connectivity index is 1.71. The average Bonchev–Trinajstić information content (AvgIpc) is 3.36. The molecule has 1 N–H and O–H groups in total. The van der Waals surface area contributed by atoms with Crippen molar-refractivity contribution in [2.45, 2.75) is 13.3 Å². The number of hydrogen-bond donors (Lipinski definition) is 1. The van der Waals surface area contributed by atoms with Crippen molar-refractivity contribution in [1.29, 1.82) is 0 Å². The number of aromatic nitrogens is 2. The van der Waals surface area contributed by atoms with Crippen molar-refractivity contribution in [1.82, 2.24) is 15.1 Å². The predicted octanol–water partition coefficient (Wildman–Crippen LogP) is 2.33. The molecule has 1 aliphatic heterocycles. The summed E-state index contributed by atoms with van der Waals surface area (Å²) in [6.07, 6.45) is 2.90. The van der Waals surface area contributed by atoms with Crippen molar-refractivity contribution in [2.24, 2.45) is 11.8 Å². The maximum absolute atomic E-state index is 13.1. The first-order chi connectivity index (χ1) is 12.6. The molecule has 1 saturated heterocycles. The van der Waals surface area contributed by atoms with Gasteiger partial charge in [0.2, 0.25) is 5.75 Å². The highest BCUT2D eigenvalue weighted by atomic mass is 35.5. The molecule has 0 bridgehead atoms. The van der Waals surface area contributed by atoms with Crippen LogP contribution in [0.25, 0.3) is 5.69 Å². The van der Waals surface area contributed by atoms with Crippen LogP contribution in [0.5, 0.6) is 5.75 Å². The molecule has 0 spiro atoms. The number of piperazine rings is 1. The Kier molecular flexibility index (Phi) is 4.87. The zero-order valence-electron chi connectivity index (χ0n) is 14.8. The molecular weight excluding hydrogens is 352 g/mol. The Morgan fingerprint density at radius 2 is 2.12 bits per heavy atom. The Labute approximate surface area is 157 Å². The minimum absolute atomic E-state index is 0.239. The molecule has 6 nitrogen and oxygen atoms in total. The first-order valence-corrected chi connectivity index (χ1v) is 9.48. The fraction of sp³-hybridized carbons (Fsp3) is 0.474. The summed E-state index contributed by atoms with van der Waals surface area (Å²) in [6, 6.07) is 7.13. The van der Waals surface area contributed by atoms with E-state index in [-0.39, 0.29) is 5.56 Å². The number of halogens is 1. The van der Waals surface area contributed by atoms with Gasteiger partial charge in [-0.2, -0.15) is 9.78 Å². The quantitative estimate of drug-likeness (QED) is 0.870. The van der Waals surface area contributed by atoms with Crippen molar-refractivity contribution >= 4 is 17.3 Å². The second-order valence-corrected chi connectivity index (χ2v) is 7.51. The molecule has 0 amide bonds. The van der Waals surface area contributed by atoms with Gasteiger partial charge in [-0.3, -0.25) is 4.79 Å². The normalized spacial score (nSPS) is 22.3. The summed E-state index contributed by atoms with van der Waals surface area (Å²) in [5.74, 6) is 1.61. The maximum atomic E-state index is 13.1. The molecule has 2 atom stereocenters. The summed E-state index contributed by atoms with van der Waals surface area (Å²) < 4.78 is 7.40. The molecule has 2 aromatic rings. The van der Waals surface area contributed by atoms with Gasteiger partial charge in [0, 0.05) is 31.2 Å². The lowest BCUT2D eigenvalue weighted by Crippen LogP contribution is -2.44. The van der Waals surface area contributed by atoms with Gasteiger partial charge in [0.25, 0.3) is 0 Å². The highest BCUT2D eigenvalue weighted by molar-refractivity contribution is 6.30. The molecule has 0 radical (unpaired) electrons. The van der Waals surface area contributed by atoms with Gasteiger partial charge in [-0.1, -0.05) is 24.6 Å². The third kappa shape index (κ3) is 3.57. The number of hydrogen-bond acceptors (Lipinski definition) is 5. The fourth-order valence-electron chi connectivity index (χ4n) is 3.31. The van der Waals surface area contributed by atoms with E-state index in [0.29, 0.717) is 34.9 Å². The number of nitrogens with one attached hydrogen (secondary N) is 1. The van der Waals surface area contributed by atoms with Gasteiger partial charge in [-0.05, 0) is 36.5 Å². The van der Waals surface area contributed by atoms with Crippen LogP contribution < -0.4 is 20.5 Å². The maximum Gasteiger partial charge on any atom is 0.316 e. The molecule has 2 fully saturated rings. The van der Waals surface area contributed by atoms with Gasteiger partial charge >= 0.3 is 5.56 Å². The first-order valence-electron chi connectivity index (χ1n) is 9.10. The smallest absolute Gasteiger partial charge is 0.316 e. The molecule has 138 valence electrons. The van der Waals surface area contributed by atoms with Gasteiger partial charge in [-0.25, -0.2) is 0 Å². The third-order valence-electron chi connectivity index (χ3n) is 5.14. The van der Waals surface area contributed by atoms with Crippen LogP contribution in [0.2, 0.25) is 5.02 Å². The van der Waals surface area contributed by atoms with Crippen LogP contribution in [0.15, 0.2) is 35.3 Å². The summed E-state index contributed by atoms with van der Waals surface area (Å²) in [5, 5.41) is 8.28. The molecule has 2 unspecified atom stereocenters. The number of nitrogens with zero attached hydrogens (tertiary/aromatic N) is 3. The number of anilines is 1. The zero-order valence-corrected chi connectivity index (χ0v) is 15.6. The SMILES string of the molecule is CC1CC1COc1c(N2CCNCC2)cnn(-c2cccc(Cl)c2)c1=O. The lowest BCUT2D eigenvalue weighted by molar-refractivity contribution is 0.287.